The molecular formula is C19H22N6O3S. The number of amides is 2. The van der Waals surface area contributed by atoms with Crippen molar-refractivity contribution in [1.29, 1.82) is 0 Å². The van der Waals surface area contributed by atoms with Gasteiger partial charge < -0.3 is 20.5 Å². The van der Waals surface area contributed by atoms with Crippen molar-refractivity contribution >= 4 is 29.3 Å². The second-order valence-corrected chi connectivity index (χ2v) is 7.45. The highest BCUT2D eigenvalue weighted by molar-refractivity contribution is 7.99. The minimum atomic E-state index is -0.259. The highest BCUT2D eigenvalue weighted by Crippen LogP contribution is 2.22. The van der Waals surface area contributed by atoms with Gasteiger partial charge in [0.05, 0.1) is 18.6 Å². The summed E-state index contributed by atoms with van der Waals surface area (Å²) in [6.07, 6.45) is 1.51. The zero-order chi connectivity index (χ0) is 21.0. The smallest absolute Gasteiger partial charge is 0.243 e. The zero-order valence-corrected chi connectivity index (χ0v) is 17.2. The van der Waals surface area contributed by atoms with Gasteiger partial charge in [-0.05, 0) is 37.1 Å². The Balaban J connectivity index is 1.54. The lowest BCUT2D eigenvalue weighted by molar-refractivity contribution is -0.131. The molecular weight excluding hydrogens is 392 g/mol. The van der Waals surface area contributed by atoms with Crippen molar-refractivity contribution in [3.05, 3.63) is 47.7 Å². The second-order valence-electron chi connectivity index (χ2n) is 6.51. The summed E-state index contributed by atoms with van der Waals surface area (Å²) >= 11 is 1.14. The first-order valence-electron chi connectivity index (χ1n) is 8.84. The van der Waals surface area contributed by atoms with Crippen LogP contribution in [0, 0.1) is 13.8 Å². The standard InChI is InChI=1S/C19H22N6O3S/c1-12-6-4-7-13(2)17(12)21-15(26)10-24(3)16(27)11-29-19-23-22-18(25(19)20)14-8-5-9-28-14/h4-9H,10-11,20H2,1-3H3,(H,21,26). The van der Waals surface area contributed by atoms with Crippen LogP contribution in [0.1, 0.15) is 11.1 Å². The van der Waals surface area contributed by atoms with Crippen LogP contribution >= 0.6 is 11.8 Å². The van der Waals surface area contributed by atoms with Crippen molar-refractivity contribution in [2.24, 2.45) is 0 Å². The van der Waals surface area contributed by atoms with E-state index in [2.05, 4.69) is 15.5 Å². The predicted molar refractivity (Wildman–Crippen MR) is 111 cm³/mol. The molecule has 0 aliphatic carbocycles. The lowest BCUT2D eigenvalue weighted by Gasteiger charge is -2.18. The van der Waals surface area contributed by atoms with E-state index in [-0.39, 0.29) is 24.1 Å². The van der Waals surface area contributed by atoms with E-state index in [0.717, 1.165) is 28.6 Å². The predicted octanol–water partition coefficient (Wildman–Crippen LogP) is 2.06. The molecule has 10 heteroatoms. The Labute approximate surface area is 172 Å². The van der Waals surface area contributed by atoms with Crippen molar-refractivity contribution in [1.82, 2.24) is 19.8 Å². The minimum absolute atomic E-state index is 0.0554. The van der Waals surface area contributed by atoms with Crippen molar-refractivity contribution in [2.75, 3.05) is 30.5 Å². The van der Waals surface area contributed by atoms with Crippen LogP contribution in [0.25, 0.3) is 11.6 Å². The number of hydrogen-bond acceptors (Lipinski definition) is 7. The average molecular weight is 414 g/mol. The van der Waals surface area contributed by atoms with Crippen LogP contribution in [0.4, 0.5) is 5.69 Å². The molecule has 3 aromatic rings. The van der Waals surface area contributed by atoms with Crippen LogP contribution in [0.5, 0.6) is 0 Å². The molecule has 2 amide bonds. The Morgan fingerprint density at radius 2 is 1.93 bits per heavy atom. The normalized spacial score (nSPS) is 10.7. The van der Waals surface area contributed by atoms with Crippen LogP contribution in [0.3, 0.4) is 0 Å². The number of para-hydroxylation sites is 1. The van der Waals surface area contributed by atoms with Gasteiger partial charge >= 0.3 is 0 Å². The molecule has 152 valence electrons. The number of nitrogens with zero attached hydrogens (tertiary/aromatic N) is 4. The van der Waals surface area contributed by atoms with Gasteiger partial charge in [-0.2, -0.15) is 0 Å². The number of anilines is 1. The molecule has 3 rings (SSSR count). The number of nitrogen functional groups attached to an aromatic ring is 1. The van der Waals surface area contributed by atoms with Gasteiger partial charge in [0.1, 0.15) is 0 Å². The molecule has 0 fully saturated rings. The van der Waals surface area contributed by atoms with Gasteiger partial charge in [0.25, 0.3) is 0 Å². The number of furan rings is 1. The van der Waals surface area contributed by atoms with E-state index in [1.807, 2.05) is 32.0 Å². The van der Waals surface area contributed by atoms with Crippen molar-refractivity contribution in [3.63, 3.8) is 0 Å². The summed E-state index contributed by atoms with van der Waals surface area (Å²) in [7, 11) is 1.58. The third-order valence-corrected chi connectivity index (χ3v) is 5.21. The van der Waals surface area contributed by atoms with Gasteiger partial charge in [0.15, 0.2) is 5.76 Å². The molecule has 2 aromatic heterocycles. The first-order chi connectivity index (χ1) is 13.9. The third kappa shape index (κ3) is 4.77. The third-order valence-electron chi connectivity index (χ3n) is 4.28. The van der Waals surface area contributed by atoms with Crippen LogP contribution in [0.2, 0.25) is 0 Å². The van der Waals surface area contributed by atoms with Gasteiger partial charge in [-0.15, -0.1) is 10.2 Å². The van der Waals surface area contributed by atoms with Crippen LogP contribution < -0.4 is 11.2 Å². The van der Waals surface area contributed by atoms with Gasteiger partial charge in [-0.1, -0.05) is 30.0 Å². The Morgan fingerprint density at radius 1 is 1.21 bits per heavy atom. The minimum Gasteiger partial charge on any atom is -0.461 e. The van der Waals surface area contributed by atoms with Crippen molar-refractivity contribution < 1.29 is 14.0 Å². The number of thioether (sulfide) groups is 1. The first-order valence-corrected chi connectivity index (χ1v) is 9.82. The largest absolute Gasteiger partial charge is 0.461 e. The van der Waals surface area contributed by atoms with E-state index in [1.54, 1.807) is 19.2 Å². The quantitative estimate of drug-likeness (QED) is 0.448. The van der Waals surface area contributed by atoms with Crippen LogP contribution in [-0.4, -0.2) is 50.9 Å². The summed E-state index contributed by atoms with van der Waals surface area (Å²) in [6.45, 7) is 3.79. The molecule has 0 bridgehead atoms. The van der Waals surface area contributed by atoms with E-state index in [9.17, 15) is 9.59 Å². The summed E-state index contributed by atoms with van der Waals surface area (Å²) in [5.74, 6) is 6.41. The number of aromatic nitrogens is 3. The molecule has 0 aliphatic rings. The van der Waals surface area contributed by atoms with E-state index >= 15 is 0 Å². The number of hydrogen-bond donors (Lipinski definition) is 2. The van der Waals surface area contributed by atoms with Crippen LogP contribution in [0.15, 0.2) is 46.2 Å². The van der Waals surface area contributed by atoms with Crippen LogP contribution in [-0.2, 0) is 9.59 Å². The van der Waals surface area contributed by atoms with E-state index in [1.165, 1.54) is 15.8 Å². The fourth-order valence-corrected chi connectivity index (χ4v) is 3.48. The fraction of sp³-hybridized carbons (Fsp3) is 0.263. The monoisotopic (exact) mass is 414 g/mol. The first kappa shape index (κ1) is 20.5. The van der Waals surface area contributed by atoms with Gasteiger partial charge in [-0.3, -0.25) is 9.59 Å². The highest BCUT2D eigenvalue weighted by Gasteiger charge is 2.18. The Morgan fingerprint density at radius 3 is 2.59 bits per heavy atom. The summed E-state index contributed by atoms with van der Waals surface area (Å²) in [5, 5.41) is 11.2. The summed E-state index contributed by atoms with van der Waals surface area (Å²) in [4.78, 5) is 26.1. The van der Waals surface area contributed by atoms with E-state index < -0.39 is 0 Å². The molecule has 1 aromatic carbocycles. The molecule has 0 unspecified atom stereocenters. The fourth-order valence-electron chi connectivity index (χ4n) is 2.68. The Bertz CT molecular complexity index is 995. The number of carbonyl (C=O) groups is 2. The molecule has 0 atom stereocenters. The molecule has 0 spiro atoms. The second kappa shape index (κ2) is 8.82. The van der Waals surface area contributed by atoms with E-state index in [4.69, 9.17) is 10.3 Å². The molecule has 0 radical (unpaired) electrons. The molecule has 2 heterocycles. The summed E-state index contributed by atoms with van der Waals surface area (Å²) in [6, 6.07) is 9.22. The lowest BCUT2D eigenvalue weighted by atomic mass is 10.1. The average Bonchev–Trinajstić information content (AvgIpc) is 3.32. The molecule has 0 saturated carbocycles. The molecule has 3 N–H and O–H groups in total. The maximum Gasteiger partial charge on any atom is 0.243 e. The number of nitrogens with two attached hydrogens (primary N) is 1. The highest BCUT2D eigenvalue weighted by atomic mass is 32.2. The number of aryl methyl sites for hydroxylation is 2. The molecule has 0 aliphatic heterocycles. The number of benzene rings is 1. The van der Waals surface area contributed by atoms with Gasteiger partial charge in [0, 0.05) is 12.7 Å². The van der Waals surface area contributed by atoms with Gasteiger partial charge in [-0.25, -0.2) is 4.68 Å². The SMILES string of the molecule is Cc1cccc(C)c1NC(=O)CN(C)C(=O)CSc1nnc(-c2ccco2)n1N. The maximum absolute atomic E-state index is 12.4. The summed E-state index contributed by atoms with van der Waals surface area (Å²) < 4.78 is 6.52. The Kier molecular flexibility index (Phi) is 6.23. The number of likely N-dealkylation sites (N-methyl/N-ethyl adjacent to an activating group) is 1. The maximum atomic E-state index is 12.4. The lowest BCUT2D eigenvalue weighted by Crippen LogP contribution is -2.36. The number of rotatable bonds is 7. The zero-order valence-electron chi connectivity index (χ0n) is 16.4. The Hall–Kier alpha value is -3.27. The van der Waals surface area contributed by atoms with E-state index in [0.29, 0.717) is 16.7 Å². The van der Waals surface area contributed by atoms with Gasteiger partial charge in [0.2, 0.25) is 22.8 Å². The summed E-state index contributed by atoms with van der Waals surface area (Å²) in [5.41, 5.74) is 2.71. The number of nitrogens with one attached hydrogen (secondary N) is 1. The molecule has 9 nitrogen and oxygen atoms in total. The number of carbonyl (C=O) groups excluding carboxylic acids is 2. The molecule has 29 heavy (non-hydrogen) atoms. The van der Waals surface area contributed by atoms with Crippen molar-refractivity contribution in [3.8, 4) is 11.6 Å². The van der Waals surface area contributed by atoms with Crippen molar-refractivity contribution in [2.45, 2.75) is 19.0 Å². The topological polar surface area (TPSA) is 119 Å². The molecule has 0 saturated heterocycles.